The molecule has 0 aromatic heterocycles. The summed E-state index contributed by atoms with van der Waals surface area (Å²) in [4.78, 5) is 12.5. The van der Waals surface area contributed by atoms with Crippen molar-refractivity contribution in [3.8, 4) is 11.5 Å². The van der Waals surface area contributed by atoms with Crippen molar-refractivity contribution in [3.05, 3.63) is 83.9 Å². The SMILES string of the molecule is CCOc1ccc(NS(=O)(=O)c2ccc(OCC(=O)N[C@H]3CCCc4ccccc43)cc2)cc1. The number of hydrogen-bond acceptors (Lipinski definition) is 5. The minimum absolute atomic E-state index is 0.0118. The lowest BCUT2D eigenvalue weighted by molar-refractivity contribution is -0.124. The molecular weight excluding hydrogens is 452 g/mol. The molecule has 0 saturated heterocycles. The molecule has 34 heavy (non-hydrogen) atoms. The highest BCUT2D eigenvalue weighted by Gasteiger charge is 2.21. The highest BCUT2D eigenvalue weighted by molar-refractivity contribution is 7.92. The van der Waals surface area contributed by atoms with Gasteiger partial charge in [-0.25, -0.2) is 8.42 Å². The number of fused-ring (bicyclic) bond motifs is 1. The van der Waals surface area contributed by atoms with Gasteiger partial charge in [0.15, 0.2) is 6.61 Å². The van der Waals surface area contributed by atoms with Gasteiger partial charge in [0.2, 0.25) is 0 Å². The summed E-state index contributed by atoms with van der Waals surface area (Å²) in [5.74, 6) is 0.874. The van der Waals surface area contributed by atoms with E-state index in [9.17, 15) is 13.2 Å². The van der Waals surface area contributed by atoms with E-state index in [1.54, 1.807) is 24.3 Å². The maximum Gasteiger partial charge on any atom is 0.261 e. The third kappa shape index (κ3) is 5.88. The van der Waals surface area contributed by atoms with Crippen LogP contribution in [0.1, 0.15) is 36.9 Å². The Morgan fingerprint density at radius 3 is 2.35 bits per heavy atom. The number of aryl methyl sites for hydroxylation is 1. The summed E-state index contributed by atoms with van der Waals surface area (Å²) in [6.07, 6.45) is 2.96. The third-order valence-electron chi connectivity index (χ3n) is 5.63. The molecule has 7 nitrogen and oxygen atoms in total. The zero-order chi connectivity index (χ0) is 24.0. The number of ether oxygens (including phenoxy) is 2. The number of carbonyl (C=O) groups is 1. The molecule has 0 fully saturated rings. The molecule has 178 valence electrons. The number of benzene rings is 3. The predicted molar refractivity (Wildman–Crippen MR) is 131 cm³/mol. The summed E-state index contributed by atoms with van der Waals surface area (Å²) in [5.41, 5.74) is 2.87. The summed E-state index contributed by atoms with van der Waals surface area (Å²) >= 11 is 0. The molecule has 0 saturated carbocycles. The van der Waals surface area contributed by atoms with Crippen molar-refractivity contribution in [2.45, 2.75) is 37.1 Å². The Morgan fingerprint density at radius 2 is 1.62 bits per heavy atom. The van der Waals surface area contributed by atoms with Crippen LogP contribution in [0.3, 0.4) is 0 Å². The van der Waals surface area contributed by atoms with Crippen molar-refractivity contribution in [1.82, 2.24) is 5.32 Å². The summed E-state index contributed by atoms with van der Waals surface area (Å²) in [6.45, 7) is 2.27. The molecule has 8 heteroatoms. The van der Waals surface area contributed by atoms with Gasteiger partial charge < -0.3 is 14.8 Å². The Bertz CT molecular complexity index is 1220. The Labute approximate surface area is 200 Å². The lowest BCUT2D eigenvalue weighted by Gasteiger charge is -2.26. The monoisotopic (exact) mass is 480 g/mol. The van der Waals surface area contributed by atoms with Crippen molar-refractivity contribution in [2.75, 3.05) is 17.9 Å². The smallest absolute Gasteiger partial charge is 0.261 e. The van der Waals surface area contributed by atoms with E-state index in [0.717, 1.165) is 24.8 Å². The van der Waals surface area contributed by atoms with Gasteiger partial charge in [-0.3, -0.25) is 9.52 Å². The maximum absolute atomic E-state index is 12.7. The van der Waals surface area contributed by atoms with Gasteiger partial charge in [-0.1, -0.05) is 24.3 Å². The van der Waals surface area contributed by atoms with E-state index in [-0.39, 0.29) is 23.5 Å². The van der Waals surface area contributed by atoms with Gasteiger partial charge in [-0.2, -0.15) is 0 Å². The van der Waals surface area contributed by atoms with Gasteiger partial charge >= 0.3 is 0 Å². The van der Waals surface area contributed by atoms with Gasteiger partial charge in [0.05, 0.1) is 17.5 Å². The molecule has 0 unspecified atom stereocenters. The van der Waals surface area contributed by atoms with Crippen LogP contribution in [-0.2, 0) is 21.2 Å². The van der Waals surface area contributed by atoms with Crippen LogP contribution in [0.2, 0.25) is 0 Å². The maximum atomic E-state index is 12.7. The quantitative estimate of drug-likeness (QED) is 0.472. The van der Waals surface area contributed by atoms with Crippen molar-refractivity contribution < 1.29 is 22.7 Å². The molecule has 1 amide bonds. The molecule has 1 aliphatic rings. The fourth-order valence-electron chi connectivity index (χ4n) is 4.00. The Hall–Kier alpha value is -3.52. The van der Waals surface area contributed by atoms with Gasteiger partial charge in [0.25, 0.3) is 15.9 Å². The fraction of sp³-hybridized carbons (Fsp3) is 0.269. The second kappa shape index (κ2) is 10.6. The summed E-state index contributed by atoms with van der Waals surface area (Å²) in [6, 6.07) is 20.8. The van der Waals surface area contributed by atoms with Gasteiger partial charge in [-0.05, 0) is 85.8 Å². The Balaban J connectivity index is 1.31. The second-order valence-electron chi connectivity index (χ2n) is 8.03. The molecule has 0 aliphatic heterocycles. The third-order valence-corrected chi connectivity index (χ3v) is 7.02. The van der Waals surface area contributed by atoms with Crippen LogP contribution in [0.15, 0.2) is 77.7 Å². The standard InChI is InChI=1S/C26H28N2O5S/c1-2-32-21-12-10-20(11-13-21)28-34(30,31)23-16-14-22(15-17-23)33-18-26(29)27-25-9-5-7-19-6-3-4-8-24(19)25/h3-4,6,8,10-17,25,28H,2,5,7,9,18H2,1H3,(H,27,29)/t25-/m0/s1. The minimum atomic E-state index is -3.76. The molecule has 1 aliphatic carbocycles. The normalized spacial score (nSPS) is 15.1. The fourth-order valence-corrected chi connectivity index (χ4v) is 5.06. The van der Waals surface area contributed by atoms with Crippen LogP contribution in [-0.4, -0.2) is 27.5 Å². The van der Waals surface area contributed by atoms with Crippen molar-refractivity contribution in [1.29, 1.82) is 0 Å². The summed E-state index contributed by atoms with van der Waals surface area (Å²) in [7, 11) is -3.76. The Morgan fingerprint density at radius 1 is 0.941 bits per heavy atom. The number of hydrogen-bond donors (Lipinski definition) is 2. The first-order valence-electron chi connectivity index (χ1n) is 11.3. The van der Waals surface area contributed by atoms with Gasteiger partial charge in [-0.15, -0.1) is 0 Å². The number of nitrogens with one attached hydrogen (secondary N) is 2. The molecule has 1 atom stereocenters. The molecule has 3 aromatic rings. The van der Waals surface area contributed by atoms with Crippen LogP contribution < -0.4 is 19.5 Å². The van der Waals surface area contributed by atoms with E-state index >= 15 is 0 Å². The van der Waals surface area contributed by atoms with Gasteiger partial charge in [0.1, 0.15) is 11.5 Å². The van der Waals surface area contributed by atoms with E-state index in [4.69, 9.17) is 9.47 Å². The molecular formula is C26H28N2O5S. The minimum Gasteiger partial charge on any atom is -0.494 e. The van der Waals surface area contributed by atoms with Gasteiger partial charge in [0, 0.05) is 5.69 Å². The summed E-state index contributed by atoms with van der Waals surface area (Å²) < 4.78 is 38.8. The highest BCUT2D eigenvalue weighted by Crippen LogP contribution is 2.29. The van der Waals surface area contributed by atoms with E-state index in [1.165, 1.54) is 29.8 Å². The first-order chi connectivity index (χ1) is 16.4. The highest BCUT2D eigenvalue weighted by atomic mass is 32.2. The molecule has 4 rings (SSSR count). The van der Waals surface area contributed by atoms with Crippen LogP contribution in [0.25, 0.3) is 0 Å². The van der Waals surface area contributed by atoms with Crippen LogP contribution >= 0.6 is 0 Å². The zero-order valence-corrected chi connectivity index (χ0v) is 19.8. The number of anilines is 1. The van der Waals surface area contributed by atoms with E-state index in [0.29, 0.717) is 23.8 Å². The largest absolute Gasteiger partial charge is 0.494 e. The molecule has 0 spiro atoms. The number of rotatable bonds is 9. The average Bonchev–Trinajstić information content (AvgIpc) is 2.84. The van der Waals surface area contributed by atoms with Crippen LogP contribution in [0, 0.1) is 0 Å². The summed E-state index contributed by atoms with van der Waals surface area (Å²) in [5, 5.41) is 3.04. The predicted octanol–water partition coefficient (Wildman–Crippen LogP) is 4.46. The van der Waals surface area contributed by atoms with Crippen molar-refractivity contribution in [3.63, 3.8) is 0 Å². The molecule has 0 radical (unpaired) electrons. The molecule has 0 heterocycles. The van der Waals surface area contributed by atoms with E-state index in [1.807, 2.05) is 19.1 Å². The lowest BCUT2D eigenvalue weighted by atomic mass is 9.88. The van der Waals surface area contributed by atoms with Crippen molar-refractivity contribution in [2.24, 2.45) is 0 Å². The number of amides is 1. The van der Waals surface area contributed by atoms with E-state index < -0.39 is 10.0 Å². The first-order valence-corrected chi connectivity index (χ1v) is 12.8. The first kappa shape index (κ1) is 23.6. The average molecular weight is 481 g/mol. The lowest BCUT2D eigenvalue weighted by Crippen LogP contribution is -2.34. The van der Waals surface area contributed by atoms with Crippen molar-refractivity contribution >= 4 is 21.6 Å². The van der Waals surface area contributed by atoms with Crippen LogP contribution in [0.5, 0.6) is 11.5 Å². The number of sulfonamides is 1. The molecule has 3 aromatic carbocycles. The molecule has 0 bridgehead atoms. The van der Waals surface area contributed by atoms with Crippen LogP contribution in [0.4, 0.5) is 5.69 Å². The topological polar surface area (TPSA) is 93.7 Å². The second-order valence-corrected chi connectivity index (χ2v) is 9.72. The molecule has 2 N–H and O–H groups in total. The number of carbonyl (C=O) groups excluding carboxylic acids is 1. The van der Waals surface area contributed by atoms with E-state index in [2.05, 4.69) is 22.2 Å². The zero-order valence-electron chi connectivity index (χ0n) is 19.0. The Kier molecular flexibility index (Phi) is 7.37.